The molecule has 1 aromatic heterocycles. The Morgan fingerprint density at radius 1 is 1.13 bits per heavy atom. The van der Waals surface area contributed by atoms with Gasteiger partial charge in [-0.2, -0.15) is 0 Å². The molecular formula is C16H24BrN3O3. The van der Waals surface area contributed by atoms with Crippen molar-refractivity contribution >= 4 is 12.0 Å². The van der Waals surface area contributed by atoms with Crippen molar-refractivity contribution in [3.8, 4) is 0 Å². The van der Waals surface area contributed by atoms with Gasteiger partial charge in [-0.05, 0) is 19.4 Å². The molecule has 0 saturated carbocycles. The van der Waals surface area contributed by atoms with Crippen LogP contribution in [0.3, 0.4) is 0 Å². The monoisotopic (exact) mass is 385 g/mol. The number of aryl methyl sites for hydroxylation is 2. The average Bonchev–Trinajstić information content (AvgIpc) is 2.54. The van der Waals surface area contributed by atoms with Crippen LogP contribution in [0.5, 0.6) is 0 Å². The maximum atomic E-state index is 12.2. The maximum absolute atomic E-state index is 12.2. The molecule has 1 aromatic rings. The van der Waals surface area contributed by atoms with Crippen molar-refractivity contribution in [3.63, 3.8) is 0 Å². The molecule has 0 bridgehead atoms. The fraction of sp³-hybridized carbons (Fsp3) is 0.562. The Morgan fingerprint density at radius 2 is 1.70 bits per heavy atom. The molecule has 0 N–H and O–H groups in total. The molecule has 7 heteroatoms. The fourth-order valence-corrected chi connectivity index (χ4v) is 2.42. The molecule has 2 rings (SSSR count). The van der Waals surface area contributed by atoms with Gasteiger partial charge in [0.05, 0.1) is 13.0 Å². The van der Waals surface area contributed by atoms with Crippen LogP contribution in [0.25, 0.3) is 0 Å². The Kier molecular flexibility index (Phi) is 8.02. The summed E-state index contributed by atoms with van der Waals surface area (Å²) in [5.41, 5.74) is 1.21. The molecule has 128 valence electrons. The number of hydrogen-bond donors (Lipinski definition) is 0. The molecule has 1 aliphatic heterocycles. The molecule has 0 unspecified atom stereocenters. The minimum absolute atomic E-state index is 0. The summed E-state index contributed by atoms with van der Waals surface area (Å²) in [5.74, 6) is 0.136. The van der Waals surface area contributed by atoms with E-state index in [-0.39, 0.29) is 29.0 Å². The first-order valence-corrected chi connectivity index (χ1v) is 7.75. The first-order valence-electron chi connectivity index (χ1n) is 7.75. The second kappa shape index (κ2) is 9.50. The number of ether oxygens (including phenoxy) is 1. The van der Waals surface area contributed by atoms with Gasteiger partial charge in [-0.3, -0.25) is 4.79 Å². The van der Waals surface area contributed by atoms with Gasteiger partial charge in [-0.1, -0.05) is 0 Å². The van der Waals surface area contributed by atoms with Crippen LogP contribution in [-0.2, 0) is 16.1 Å². The van der Waals surface area contributed by atoms with Gasteiger partial charge in [0.1, 0.15) is 0 Å². The molecule has 1 fully saturated rings. The van der Waals surface area contributed by atoms with E-state index in [1.807, 2.05) is 40.9 Å². The van der Waals surface area contributed by atoms with E-state index in [2.05, 4.69) is 0 Å². The fourth-order valence-electron chi connectivity index (χ4n) is 2.42. The SMILES string of the molecule is CCOC(=O)N1CCN(C(=O)CC[n+]2ccc(C)cc2)CC1.[Br-]. The number of halogens is 1. The van der Waals surface area contributed by atoms with Crippen LogP contribution in [0.1, 0.15) is 18.9 Å². The number of amides is 2. The number of aromatic nitrogens is 1. The molecular weight excluding hydrogens is 362 g/mol. The first-order chi connectivity index (χ1) is 10.6. The second-order valence-corrected chi connectivity index (χ2v) is 5.43. The molecule has 1 aliphatic rings. The lowest BCUT2D eigenvalue weighted by atomic mass is 10.2. The van der Waals surface area contributed by atoms with E-state index in [4.69, 9.17) is 4.74 Å². The Bertz CT molecular complexity index is 514. The van der Waals surface area contributed by atoms with E-state index in [1.54, 1.807) is 11.8 Å². The highest BCUT2D eigenvalue weighted by atomic mass is 79.9. The lowest BCUT2D eigenvalue weighted by Gasteiger charge is -2.33. The molecule has 0 aliphatic carbocycles. The summed E-state index contributed by atoms with van der Waals surface area (Å²) in [6.07, 6.45) is 4.17. The lowest BCUT2D eigenvalue weighted by molar-refractivity contribution is -0.696. The van der Waals surface area contributed by atoms with Crippen molar-refractivity contribution in [1.29, 1.82) is 0 Å². The van der Waals surface area contributed by atoms with E-state index in [1.165, 1.54) is 5.56 Å². The minimum atomic E-state index is -0.287. The third-order valence-electron chi connectivity index (χ3n) is 3.80. The smallest absolute Gasteiger partial charge is 0.409 e. The molecule has 1 saturated heterocycles. The predicted molar refractivity (Wildman–Crippen MR) is 81.2 cm³/mol. The highest BCUT2D eigenvalue weighted by Crippen LogP contribution is 2.05. The van der Waals surface area contributed by atoms with Crippen LogP contribution in [0.4, 0.5) is 4.79 Å². The van der Waals surface area contributed by atoms with Crippen LogP contribution in [-0.4, -0.2) is 54.6 Å². The summed E-state index contributed by atoms with van der Waals surface area (Å²) in [6, 6.07) is 4.06. The summed E-state index contributed by atoms with van der Waals surface area (Å²) in [7, 11) is 0. The zero-order chi connectivity index (χ0) is 15.9. The number of nitrogens with zero attached hydrogens (tertiary/aromatic N) is 3. The Hall–Kier alpha value is -1.63. The summed E-state index contributed by atoms with van der Waals surface area (Å²) >= 11 is 0. The molecule has 6 nitrogen and oxygen atoms in total. The first kappa shape index (κ1) is 19.4. The number of pyridine rings is 1. The van der Waals surface area contributed by atoms with Gasteiger partial charge in [0.2, 0.25) is 5.91 Å². The lowest BCUT2D eigenvalue weighted by Crippen LogP contribution is -3.00. The Labute approximate surface area is 147 Å². The van der Waals surface area contributed by atoms with Gasteiger partial charge in [-0.15, -0.1) is 0 Å². The van der Waals surface area contributed by atoms with Gasteiger partial charge < -0.3 is 31.5 Å². The molecule has 0 spiro atoms. The highest BCUT2D eigenvalue weighted by Gasteiger charge is 2.25. The Balaban J connectivity index is 0.00000264. The number of carbonyl (C=O) groups is 2. The van der Waals surface area contributed by atoms with E-state index >= 15 is 0 Å². The average molecular weight is 386 g/mol. The number of hydrogen-bond acceptors (Lipinski definition) is 3. The van der Waals surface area contributed by atoms with Crippen LogP contribution in [0, 0.1) is 6.92 Å². The number of rotatable bonds is 4. The maximum Gasteiger partial charge on any atom is 0.409 e. The molecule has 0 atom stereocenters. The summed E-state index contributed by atoms with van der Waals surface area (Å²) in [5, 5.41) is 0. The third-order valence-corrected chi connectivity index (χ3v) is 3.80. The van der Waals surface area contributed by atoms with Crippen molar-refractivity contribution < 1.29 is 35.9 Å². The van der Waals surface area contributed by atoms with Crippen LogP contribution >= 0.6 is 0 Å². The van der Waals surface area contributed by atoms with E-state index < -0.39 is 0 Å². The van der Waals surface area contributed by atoms with Gasteiger partial charge in [0.25, 0.3) is 0 Å². The highest BCUT2D eigenvalue weighted by molar-refractivity contribution is 5.76. The normalized spacial score (nSPS) is 14.2. The van der Waals surface area contributed by atoms with E-state index in [9.17, 15) is 9.59 Å². The van der Waals surface area contributed by atoms with Crippen molar-refractivity contribution in [3.05, 3.63) is 30.1 Å². The van der Waals surface area contributed by atoms with Crippen LogP contribution in [0.2, 0.25) is 0 Å². The largest absolute Gasteiger partial charge is 1.00 e. The summed E-state index contributed by atoms with van der Waals surface area (Å²) in [6.45, 7) is 7.14. The quantitative estimate of drug-likeness (QED) is 0.562. The number of piperazine rings is 1. The van der Waals surface area contributed by atoms with Crippen molar-refractivity contribution in [1.82, 2.24) is 9.80 Å². The van der Waals surface area contributed by atoms with Crippen LogP contribution < -0.4 is 21.5 Å². The van der Waals surface area contributed by atoms with Crippen molar-refractivity contribution in [2.45, 2.75) is 26.8 Å². The van der Waals surface area contributed by atoms with E-state index in [0.717, 1.165) is 0 Å². The number of carbonyl (C=O) groups excluding carboxylic acids is 2. The van der Waals surface area contributed by atoms with Gasteiger partial charge in [0, 0.05) is 38.3 Å². The van der Waals surface area contributed by atoms with Gasteiger partial charge in [0.15, 0.2) is 18.9 Å². The molecule has 2 heterocycles. The predicted octanol–water partition coefficient (Wildman–Crippen LogP) is -2.02. The molecule has 23 heavy (non-hydrogen) atoms. The van der Waals surface area contributed by atoms with Gasteiger partial charge in [-0.25, -0.2) is 9.36 Å². The third kappa shape index (κ3) is 5.82. The molecule has 0 aromatic carbocycles. The zero-order valence-corrected chi connectivity index (χ0v) is 15.3. The second-order valence-electron chi connectivity index (χ2n) is 5.43. The molecule has 2 amide bonds. The van der Waals surface area contributed by atoms with Crippen molar-refractivity contribution in [2.75, 3.05) is 32.8 Å². The van der Waals surface area contributed by atoms with Crippen molar-refractivity contribution in [2.24, 2.45) is 0 Å². The van der Waals surface area contributed by atoms with E-state index in [0.29, 0.717) is 45.8 Å². The van der Waals surface area contributed by atoms with Gasteiger partial charge >= 0.3 is 6.09 Å². The minimum Gasteiger partial charge on any atom is -1.00 e. The standard InChI is InChI=1S/C16H24N3O3.BrH/c1-3-22-16(21)19-12-10-18(11-13-19)15(20)6-9-17-7-4-14(2)5-8-17;/h4-5,7-8H,3,6,9-13H2,1-2H3;1H/q+1;/p-1. The Morgan fingerprint density at radius 3 is 2.26 bits per heavy atom. The topological polar surface area (TPSA) is 53.7 Å². The zero-order valence-electron chi connectivity index (χ0n) is 13.7. The molecule has 0 radical (unpaired) electrons. The van der Waals surface area contributed by atoms with Crippen LogP contribution in [0.15, 0.2) is 24.5 Å². The summed E-state index contributed by atoms with van der Waals surface area (Å²) < 4.78 is 6.99. The summed E-state index contributed by atoms with van der Waals surface area (Å²) in [4.78, 5) is 27.3.